The van der Waals surface area contributed by atoms with Crippen LogP contribution in [-0.2, 0) is 6.54 Å². The molecule has 7 nitrogen and oxygen atoms in total. The molecule has 9 heteroatoms. The van der Waals surface area contributed by atoms with Gasteiger partial charge in [0.15, 0.2) is 5.82 Å². The van der Waals surface area contributed by atoms with Gasteiger partial charge in [-0.1, -0.05) is 24.3 Å². The Hall–Kier alpha value is -3.30. The third-order valence-electron chi connectivity index (χ3n) is 5.97. The summed E-state index contributed by atoms with van der Waals surface area (Å²) >= 11 is 1.68. The second-order valence-corrected chi connectivity index (χ2v) is 8.98. The first-order valence-corrected chi connectivity index (χ1v) is 11.8. The molecule has 170 valence electrons. The van der Waals surface area contributed by atoms with Gasteiger partial charge in [-0.05, 0) is 51.7 Å². The molecule has 33 heavy (non-hydrogen) atoms. The fraction of sp³-hybridized carbons (Fsp3) is 0.292. The maximum absolute atomic E-state index is 13.7. The third-order valence-corrected chi connectivity index (χ3v) is 6.83. The van der Waals surface area contributed by atoms with E-state index in [1.807, 2.05) is 35.0 Å². The number of benzene rings is 2. The molecule has 3 heterocycles. The van der Waals surface area contributed by atoms with Crippen molar-refractivity contribution in [3.63, 3.8) is 0 Å². The van der Waals surface area contributed by atoms with Crippen LogP contribution in [0.15, 0.2) is 66.0 Å². The standard InChI is InChI=1S/C24H25FN6OS/c1-32-21-5-2-4-20(16-21)29-11-13-30(14-12-29)23(18-7-9-19(25)10-8-18)24-26-27-28-31(24)17-22-6-3-15-33-22/h2-10,15-16,23H,11-14,17H2,1H3. The highest BCUT2D eigenvalue weighted by Gasteiger charge is 2.31. The first-order valence-electron chi connectivity index (χ1n) is 10.9. The molecule has 1 aliphatic rings. The Balaban J connectivity index is 1.41. The quantitative estimate of drug-likeness (QED) is 0.414. The SMILES string of the molecule is COc1cccc(N2CCN(C(c3ccc(F)cc3)c3nnnn3Cc3cccs3)CC2)c1. The van der Waals surface area contributed by atoms with Crippen molar-refractivity contribution in [2.75, 3.05) is 38.2 Å². The molecule has 2 aromatic heterocycles. The Morgan fingerprint density at radius 3 is 2.58 bits per heavy atom. The van der Waals surface area contributed by atoms with Crippen LogP contribution in [0.2, 0.25) is 0 Å². The van der Waals surface area contributed by atoms with E-state index in [4.69, 9.17) is 4.74 Å². The van der Waals surface area contributed by atoms with Gasteiger partial charge in [0.05, 0.1) is 19.7 Å². The number of piperazine rings is 1. The van der Waals surface area contributed by atoms with Gasteiger partial charge < -0.3 is 9.64 Å². The van der Waals surface area contributed by atoms with Crippen molar-refractivity contribution in [1.82, 2.24) is 25.1 Å². The summed E-state index contributed by atoms with van der Waals surface area (Å²) in [6.07, 6.45) is 0. The van der Waals surface area contributed by atoms with Crippen LogP contribution in [0.4, 0.5) is 10.1 Å². The molecular weight excluding hydrogens is 439 g/mol. The lowest BCUT2D eigenvalue weighted by Crippen LogP contribution is -2.48. The zero-order chi connectivity index (χ0) is 22.6. The number of aromatic nitrogens is 4. The summed E-state index contributed by atoms with van der Waals surface area (Å²) in [7, 11) is 1.69. The summed E-state index contributed by atoms with van der Waals surface area (Å²) < 4.78 is 20.9. The maximum Gasteiger partial charge on any atom is 0.173 e. The van der Waals surface area contributed by atoms with Crippen LogP contribution in [0.5, 0.6) is 5.75 Å². The second-order valence-electron chi connectivity index (χ2n) is 7.95. The first-order chi connectivity index (χ1) is 16.2. The van der Waals surface area contributed by atoms with Crippen LogP contribution in [0.1, 0.15) is 22.3 Å². The second kappa shape index (κ2) is 9.68. The van der Waals surface area contributed by atoms with Gasteiger partial charge in [-0.2, -0.15) is 0 Å². The van der Waals surface area contributed by atoms with Gasteiger partial charge in [-0.25, -0.2) is 9.07 Å². The van der Waals surface area contributed by atoms with Crippen LogP contribution in [0.25, 0.3) is 0 Å². The fourth-order valence-electron chi connectivity index (χ4n) is 4.28. The lowest BCUT2D eigenvalue weighted by molar-refractivity contribution is 0.201. The highest BCUT2D eigenvalue weighted by atomic mass is 32.1. The summed E-state index contributed by atoms with van der Waals surface area (Å²) in [5.41, 5.74) is 2.13. The topological polar surface area (TPSA) is 59.3 Å². The van der Waals surface area contributed by atoms with Crippen molar-refractivity contribution in [3.8, 4) is 5.75 Å². The van der Waals surface area contributed by atoms with Crippen molar-refractivity contribution in [1.29, 1.82) is 0 Å². The number of rotatable bonds is 7. The maximum atomic E-state index is 13.7. The van der Waals surface area contributed by atoms with Gasteiger partial charge in [0, 0.05) is 42.8 Å². The molecule has 2 aromatic carbocycles. The predicted molar refractivity (Wildman–Crippen MR) is 126 cm³/mol. The van der Waals surface area contributed by atoms with Gasteiger partial charge in [-0.15, -0.1) is 16.4 Å². The molecule has 1 atom stereocenters. The van der Waals surface area contributed by atoms with Gasteiger partial charge in [0.2, 0.25) is 0 Å². The fourth-order valence-corrected chi connectivity index (χ4v) is 4.97. The lowest BCUT2D eigenvalue weighted by Gasteiger charge is -2.40. The molecule has 4 aromatic rings. The Bertz CT molecular complexity index is 1170. The van der Waals surface area contributed by atoms with E-state index in [0.29, 0.717) is 6.54 Å². The zero-order valence-electron chi connectivity index (χ0n) is 18.3. The molecule has 0 N–H and O–H groups in total. The number of hydrogen-bond acceptors (Lipinski definition) is 7. The van der Waals surface area contributed by atoms with Crippen LogP contribution in [0, 0.1) is 5.82 Å². The molecule has 0 amide bonds. The number of tetrazole rings is 1. The third kappa shape index (κ3) is 4.74. The van der Waals surface area contributed by atoms with E-state index in [2.05, 4.69) is 48.9 Å². The van der Waals surface area contributed by atoms with E-state index >= 15 is 0 Å². The molecule has 0 bridgehead atoms. The number of anilines is 1. The average Bonchev–Trinajstić information content (AvgIpc) is 3.54. The van der Waals surface area contributed by atoms with Gasteiger partial charge in [0.25, 0.3) is 0 Å². The smallest absolute Gasteiger partial charge is 0.173 e. The molecule has 0 saturated carbocycles. The van der Waals surface area contributed by atoms with Crippen molar-refractivity contribution >= 4 is 17.0 Å². The molecule has 1 fully saturated rings. The Morgan fingerprint density at radius 2 is 1.85 bits per heavy atom. The Labute approximate surface area is 196 Å². The Morgan fingerprint density at radius 1 is 1.03 bits per heavy atom. The van der Waals surface area contributed by atoms with Crippen LogP contribution < -0.4 is 9.64 Å². The van der Waals surface area contributed by atoms with Crippen LogP contribution >= 0.6 is 11.3 Å². The van der Waals surface area contributed by atoms with Crippen LogP contribution in [-0.4, -0.2) is 58.4 Å². The number of hydrogen-bond donors (Lipinski definition) is 0. The molecule has 1 saturated heterocycles. The molecule has 0 aliphatic carbocycles. The van der Waals surface area contributed by atoms with E-state index in [9.17, 15) is 4.39 Å². The van der Waals surface area contributed by atoms with E-state index < -0.39 is 0 Å². The summed E-state index contributed by atoms with van der Waals surface area (Å²) in [4.78, 5) is 5.92. The van der Waals surface area contributed by atoms with Gasteiger partial charge in [0.1, 0.15) is 11.6 Å². The lowest BCUT2D eigenvalue weighted by atomic mass is 10.0. The predicted octanol–water partition coefficient (Wildman–Crippen LogP) is 3.84. The Kier molecular flexibility index (Phi) is 6.32. The van der Waals surface area contributed by atoms with Crippen molar-refractivity contribution in [3.05, 3.63) is 88.1 Å². The molecule has 5 rings (SSSR count). The summed E-state index contributed by atoms with van der Waals surface area (Å²) in [5, 5.41) is 14.7. The highest BCUT2D eigenvalue weighted by molar-refractivity contribution is 7.09. The number of halogens is 1. The van der Waals surface area contributed by atoms with Crippen molar-refractivity contribution in [2.45, 2.75) is 12.6 Å². The molecule has 0 radical (unpaired) electrons. The molecule has 1 unspecified atom stereocenters. The van der Waals surface area contributed by atoms with Gasteiger partial charge in [-0.3, -0.25) is 4.90 Å². The van der Waals surface area contributed by atoms with E-state index in [1.165, 1.54) is 17.0 Å². The summed E-state index contributed by atoms with van der Waals surface area (Å²) in [6.45, 7) is 3.98. The highest BCUT2D eigenvalue weighted by Crippen LogP contribution is 2.30. The number of methoxy groups -OCH3 is 1. The molecular formula is C24H25FN6OS. The van der Waals surface area contributed by atoms with Crippen molar-refractivity contribution < 1.29 is 9.13 Å². The number of nitrogens with zero attached hydrogens (tertiary/aromatic N) is 6. The minimum atomic E-state index is -0.251. The average molecular weight is 465 g/mol. The van der Waals surface area contributed by atoms with Crippen LogP contribution in [0.3, 0.4) is 0 Å². The van der Waals surface area contributed by atoms with E-state index in [1.54, 1.807) is 18.4 Å². The van der Waals surface area contributed by atoms with E-state index in [-0.39, 0.29) is 11.9 Å². The normalized spacial score (nSPS) is 15.5. The van der Waals surface area contributed by atoms with Crippen molar-refractivity contribution in [2.24, 2.45) is 0 Å². The zero-order valence-corrected chi connectivity index (χ0v) is 19.2. The van der Waals surface area contributed by atoms with E-state index in [0.717, 1.165) is 49.0 Å². The summed E-state index contributed by atoms with van der Waals surface area (Å²) in [5.74, 6) is 1.37. The number of ether oxygens (including phenoxy) is 1. The first kappa shape index (κ1) is 21.5. The molecule has 1 aliphatic heterocycles. The largest absolute Gasteiger partial charge is 0.497 e. The summed E-state index contributed by atoms with van der Waals surface area (Å²) in [6, 6.07) is 18.8. The number of thiophene rings is 1. The minimum absolute atomic E-state index is 0.159. The monoisotopic (exact) mass is 464 g/mol. The molecule has 0 spiro atoms. The minimum Gasteiger partial charge on any atom is -0.497 e. The van der Waals surface area contributed by atoms with Gasteiger partial charge >= 0.3 is 0 Å².